The zero-order chi connectivity index (χ0) is 12.4. The van der Waals surface area contributed by atoms with Crippen molar-refractivity contribution in [3.63, 3.8) is 0 Å². The standard InChI is InChI=1S/C11H8F2N2O2/c12-7-3-8(13)5-9(4-7)15-2-1-11(17)10(6-16)14-15/h1-5,16H,6H2. The van der Waals surface area contributed by atoms with Gasteiger partial charge in [-0.3, -0.25) is 4.79 Å². The number of hydrogen-bond acceptors (Lipinski definition) is 3. The molecule has 0 fully saturated rings. The normalized spacial score (nSPS) is 10.5. The summed E-state index contributed by atoms with van der Waals surface area (Å²) in [6.07, 6.45) is 1.27. The molecule has 4 nitrogen and oxygen atoms in total. The van der Waals surface area contributed by atoms with Crippen LogP contribution in [0.2, 0.25) is 0 Å². The van der Waals surface area contributed by atoms with E-state index in [1.165, 1.54) is 12.3 Å². The maximum absolute atomic E-state index is 13.0. The molecule has 2 aromatic rings. The van der Waals surface area contributed by atoms with Crippen LogP contribution >= 0.6 is 0 Å². The first-order chi connectivity index (χ1) is 8.10. The molecule has 0 radical (unpaired) electrons. The quantitative estimate of drug-likeness (QED) is 0.849. The minimum absolute atomic E-state index is 0.0860. The average molecular weight is 238 g/mol. The molecule has 0 amide bonds. The van der Waals surface area contributed by atoms with Gasteiger partial charge in [-0.15, -0.1) is 0 Å². The number of hydrogen-bond donors (Lipinski definition) is 1. The fourth-order valence-electron chi connectivity index (χ4n) is 1.37. The van der Waals surface area contributed by atoms with Crippen molar-refractivity contribution >= 4 is 0 Å². The Morgan fingerprint density at radius 3 is 2.47 bits per heavy atom. The van der Waals surface area contributed by atoms with Gasteiger partial charge in [-0.05, 0) is 12.1 Å². The van der Waals surface area contributed by atoms with Crippen LogP contribution in [0.4, 0.5) is 8.78 Å². The Morgan fingerprint density at radius 1 is 1.24 bits per heavy atom. The van der Waals surface area contributed by atoms with Crippen molar-refractivity contribution in [3.05, 3.63) is 58.0 Å². The molecule has 88 valence electrons. The minimum atomic E-state index is -0.744. The second kappa shape index (κ2) is 4.42. The molecule has 6 heteroatoms. The first-order valence-corrected chi connectivity index (χ1v) is 4.76. The van der Waals surface area contributed by atoms with Gasteiger partial charge in [0.1, 0.15) is 17.3 Å². The lowest BCUT2D eigenvalue weighted by Crippen LogP contribution is -2.15. The average Bonchev–Trinajstić information content (AvgIpc) is 2.28. The summed E-state index contributed by atoms with van der Waals surface area (Å²) in [5.74, 6) is -1.49. The second-order valence-corrected chi connectivity index (χ2v) is 3.36. The van der Waals surface area contributed by atoms with E-state index in [2.05, 4.69) is 5.10 Å². The predicted molar refractivity (Wildman–Crippen MR) is 55.7 cm³/mol. The molecule has 0 unspecified atom stereocenters. The molecule has 0 saturated heterocycles. The molecule has 2 rings (SSSR count). The molecule has 0 atom stereocenters. The number of nitrogens with zero attached hydrogens (tertiary/aromatic N) is 2. The van der Waals surface area contributed by atoms with Crippen LogP contribution in [0.25, 0.3) is 5.69 Å². The number of aromatic nitrogens is 2. The van der Waals surface area contributed by atoms with Gasteiger partial charge in [-0.1, -0.05) is 0 Å². The maximum atomic E-state index is 13.0. The number of halogens is 2. The Balaban J connectivity index is 2.56. The van der Waals surface area contributed by atoms with E-state index < -0.39 is 23.7 Å². The molecule has 1 aromatic heterocycles. The van der Waals surface area contributed by atoms with Gasteiger partial charge in [0.2, 0.25) is 5.43 Å². The topological polar surface area (TPSA) is 55.1 Å². The van der Waals surface area contributed by atoms with E-state index in [-0.39, 0.29) is 11.4 Å². The zero-order valence-corrected chi connectivity index (χ0v) is 8.60. The van der Waals surface area contributed by atoms with Gasteiger partial charge in [-0.2, -0.15) is 5.10 Å². The molecule has 0 aliphatic rings. The van der Waals surface area contributed by atoms with Gasteiger partial charge >= 0.3 is 0 Å². The van der Waals surface area contributed by atoms with Crippen molar-refractivity contribution in [1.82, 2.24) is 9.78 Å². The summed E-state index contributed by atoms with van der Waals surface area (Å²) < 4.78 is 27.1. The van der Waals surface area contributed by atoms with E-state index in [4.69, 9.17) is 5.11 Å². The molecular formula is C11H8F2N2O2. The van der Waals surface area contributed by atoms with E-state index in [0.717, 1.165) is 22.9 Å². The molecule has 17 heavy (non-hydrogen) atoms. The molecular weight excluding hydrogens is 230 g/mol. The van der Waals surface area contributed by atoms with Crippen LogP contribution in [0.1, 0.15) is 5.69 Å². The van der Waals surface area contributed by atoms with Crippen LogP contribution in [0.3, 0.4) is 0 Å². The second-order valence-electron chi connectivity index (χ2n) is 3.36. The molecule has 0 aliphatic heterocycles. The molecule has 0 spiro atoms. The third-order valence-corrected chi connectivity index (χ3v) is 2.14. The highest BCUT2D eigenvalue weighted by molar-refractivity contribution is 5.31. The Morgan fingerprint density at radius 2 is 1.88 bits per heavy atom. The largest absolute Gasteiger partial charge is 0.390 e. The Bertz CT molecular complexity index is 590. The fourth-order valence-corrected chi connectivity index (χ4v) is 1.37. The molecule has 1 N–H and O–H groups in total. The van der Waals surface area contributed by atoms with Gasteiger partial charge in [-0.25, -0.2) is 13.5 Å². The Labute approximate surface area is 94.8 Å². The summed E-state index contributed by atoms with van der Waals surface area (Å²) >= 11 is 0. The lowest BCUT2D eigenvalue weighted by Gasteiger charge is -2.06. The Kier molecular flexibility index (Phi) is 2.97. The van der Waals surface area contributed by atoms with E-state index in [1.807, 2.05) is 0 Å². The molecule has 0 saturated carbocycles. The third-order valence-electron chi connectivity index (χ3n) is 2.14. The number of aliphatic hydroxyl groups is 1. The zero-order valence-electron chi connectivity index (χ0n) is 8.60. The van der Waals surface area contributed by atoms with Gasteiger partial charge in [0.25, 0.3) is 0 Å². The van der Waals surface area contributed by atoms with Crippen LogP contribution in [0.5, 0.6) is 0 Å². The highest BCUT2D eigenvalue weighted by Gasteiger charge is 2.05. The molecule has 0 bridgehead atoms. The van der Waals surface area contributed by atoms with Crippen molar-refractivity contribution in [2.45, 2.75) is 6.61 Å². The van der Waals surface area contributed by atoms with Crippen molar-refractivity contribution in [2.75, 3.05) is 0 Å². The van der Waals surface area contributed by atoms with Gasteiger partial charge in [0, 0.05) is 18.3 Å². The molecule has 0 aliphatic carbocycles. The number of benzene rings is 1. The lowest BCUT2D eigenvalue weighted by atomic mass is 10.3. The smallest absolute Gasteiger partial charge is 0.205 e. The summed E-state index contributed by atoms with van der Waals surface area (Å²) in [5, 5.41) is 12.6. The highest BCUT2D eigenvalue weighted by atomic mass is 19.1. The summed E-state index contributed by atoms with van der Waals surface area (Å²) in [4.78, 5) is 11.2. The van der Waals surface area contributed by atoms with Crippen LogP contribution in [-0.4, -0.2) is 14.9 Å². The third kappa shape index (κ3) is 2.36. The predicted octanol–water partition coefficient (Wildman–Crippen LogP) is 1.00. The fraction of sp³-hybridized carbons (Fsp3) is 0.0909. The first-order valence-electron chi connectivity index (χ1n) is 4.76. The maximum Gasteiger partial charge on any atom is 0.205 e. The van der Waals surface area contributed by atoms with Crippen LogP contribution in [0.15, 0.2) is 35.3 Å². The van der Waals surface area contributed by atoms with E-state index in [1.54, 1.807) is 0 Å². The summed E-state index contributed by atoms with van der Waals surface area (Å²) in [6, 6.07) is 4.05. The Hall–Kier alpha value is -2.08. The van der Waals surface area contributed by atoms with E-state index >= 15 is 0 Å². The van der Waals surface area contributed by atoms with Crippen molar-refractivity contribution < 1.29 is 13.9 Å². The monoisotopic (exact) mass is 238 g/mol. The van der Waals surface area contributed by atoms with E-state index in [0.29, 0.717) is 0 Å². The minimum Gasteiger partial charge on any atom is -0.390 e. The summed E-state index contributed by atoms with van der Waals surface area (Å²) in [7, 11) is 0. The SMILES string of the molecule is O=c1ccn(-c2cc(F)cc(F)c2)nc1CO. The van der Waals surface area contributed by atoms with Crippen molar-refractivity contribution in [2.24, 2.45) is 0 Å². The lowest BCUT2D eigenvalue weighted by molar-refractivity contribution is 0.273. The van der Waals surface area contributed by atoms with Crippen molar-refractivity contribution in [3.8, 4) is 5.69 Å². The van der Waals surface area contributed by atoms with Gasteiger partial charge in [0.15, 0.2) is 0 Å². The number of rotatable bonds is 2. The van der Waals surface area contributed by atoms with Gasteiger partial charge < -0.3 is 5.11 Å². The molecule has 1 aromatic carbocycles. The van der Waals surface area contributed by atoms with Crippen LogP contribution in [-0.2, 0) is 6.61 Å². The molecule has 1 heterocycles. The van der Waals surface area contributed by atoms with Crippen molar-refractivity contribution in [1.29, 1.82) is 0 Å². The van der Waals surface area contributed by atoms with Crippen LogP contribution in [0, 0.1) is 11.6 Å². The summed E-state index contributed by atoms with van der Waals surface area (Å²) in [5.41, 5.74) is -0.380. The highest BCUT2D eigenvalue weighted by Crippen LogP contribution is 2.11. The number of aliphatic hydroxyl groups excluding tert-OH is 1. The first kappa shape index (κ1) is 11.4. The van der Waals surface area contributed by atoms with Crippen LogP contribution < -0.4 is 5.43 Å². The van der Waals surface area contributed by atoms with E-state index in [9.17, 15) is 13.6 Å². The van der Waals surface area contributed by atoms with Gasteiger partial charge in [0.05, 0.1) is 12.3 Å². The summed E-state index contributed by atoms with van der Waals surface area (Å²) in [6.45, 7) is -0.530.